The molecule has 1 aliphatic rings. The molecule has 26 heavy (non-hydrogen) atoms. The van der Waals surface area contributed by atoms with E-state index in [0.29, 0.717) is 24.5 Å². The van der Waals surface area contributed by atoms with Crippen LogP contribution in [0, 0.1) is 0 Å². The first kappa shape index (κ1) is 18.2. The van der Waals surface area contributed by atoms with E-state index in [-0.39, 0.29) is 11.8 Å². The van der Waals surface area contributed by atoms with Crippen molar-refractivity contribution in [3.8, 4) is 0 Å². The number of fused-ring (bicyclic) bond motifs is 1. The monoisotopic (exact) mass is 357 g/mol. The largest absolute Gasteiger partial charge is 0.343 e. The van der Waals surface area contributed by atoms with Crippen molar-refractivity contribution in [2.24, 2.45) is 14.1 Å². The van der Waals surface area contributed by atoms with Crippen LogP contribution < -0.4 is 0 Å². The van der Waals surface area contributed by atoms with E-state index in [0.717, 1.165) is 36.2 Å². The van der Waals surface area contributed by atoms with Crippen molar-refractivity contribution in [2.45, 2.75) is 32.7 Å². The molecule has 0 saturated carbocycles. The second-order valence-corrected chi connectivity index (χ2v) is 7.13. The lowest BCUT2D eigenvalue weighted by atomic mass is 10.1. The highest BCUT2D eigenvalue weighted by molar-refractivity contribution is 5.94. The summed E-state index contributed by atoms with van der Waals surface area (Å²) in [6.45, 7) is 3.27. The maximum atomic E-state index is 13.0. The number of carbonyl (C=O) groups is 2. The first-order chi connectivity index (χ1) is 12.3. The molecule has 1 aliphatic heterocycles. The molecule has 140 valence electrons. The summed E-state index contributed by atoms with van der Waals surface area (Å²) in [5.41, 5.74) is 4.42. The predicted octanol–water partition coefficient (Wildman–Crippen LogP) is 1.61. The topological polar surface area (TPSA) is 63.4 Å². The number of aromatic nitrogens is 3. The second-order valence-electron chi connectivity index (χ2n) is 7.13. The van der Waals surface area contributed by atoms with Gasteiger partial charge in [-0.1, -0.05) is 13.3 Å². The van der Waals surface area contributed by atoms with E-state index in [1.165, 1.54) is 0 Å². The van der Waals surface area contributed by atoms with Gasteiger partial charge in [0, 0.05) is 40.4 Å². The maximum absolute atomic E-state index is 13.0. The van der Waals surface area contributed by atoms with Gasteiger partial charge in [-0.25, -0.2) is 0 Å². The molecule has 0 fully saturated rings. The molecule has 0 bridgehead atoms. The highest BCUT2D eigenvalue weighted by atomic mass is 16.2. The van der Waals surface area contributed by atoms with E-state index >= 15 is 0 Å². The number of nitrogens with zero attached hydrogens (tertiary/aromatic N) is 5. The van der Waals surface area contributed by atoms with Crippen molar-refractivity contribution in [3.05, 3.63) is 40.5 Å². The highest BCUT2D eigenvalue weighted by Gasteiger charge is 2.28. The molecule has 0 spiro atoms. The van der Waals surface area contributed by atoms with Gasteiger partial charge in [-0.3, -0.25) is 14.3 Å². The third kappa shape index (κ3) is 3.13. The van der Waals surface area contributed by atoms with Gasteiger partial charge in [0.2, 0.25) is 0 Å². The number of aryl methyl sites for hydroxylation is 2. The van der Waals surface area contributed by atoms with Crippen molar-refractivity contribution in [1.29, 1.82) is 0 Å². The summed E-state index contributed by atoms with van der Waals surface area (Å²) >= 11 is 0. The molecule has 2 aromatic heterocycles. The molecule has 0 N–H and O–H groups in total. The minimum absolute atomic E-state index is 0.00492. The molecule has 7 heteroatoms. The van der Waals surface area contributed by atoms with Gasteiger partial charge in [-0.15, -0.1) is 0 Å². The van der Waals surface area contributed by atoms with Gasteiger partial charge in [0.05, 0.1) is 12.2 Å². The average Bonchev–Trinajstić information content (AvgIpc) is 3.13. The maximum Gasteiger partial charge on any atom is 0.272 e. The lowest BCUT2D eigenvalue weighted by Crippen LogP contribution is -2.37. The normalized spacial score (nSPS) is 13.7. The zero-order chi connectivity index (χ0) is 19.0. The number of hydrogen-bond donors (Lipinski definition) is 0. The minimum Gasteiger partial charge on any atom is -0.343 e. The fraction of sp³-hybridized carbons (Fsp3) is 0.526. The molecule has 0 unspecified atom stereocenters. The first-order valence-electron chi connectivity index (χ1n) is 9.04. The fourth-order valence-electron chi connectivity index (χ4n) is 3.52. The van der Waals surface area contributed by atoms with E-state index in [1.807, 2.05) is 35.7 Å². The van der Waals surface area contributed by atoms with Gasteiger partial charge in [-0.2, -0.15) is 5.10 Å². The second kappa shape index (κ2) is 6.97. The van der Waals surface area contributed by atoms with E-state index < -0.39 is 0 Å². The van der Waals surface area contributed by atoms with Crippen LogP contribution in [0.5, 0.6) is 0 Å². The molecule has 0 aliphatic carbocycles. The molecule has 2 aromatic rings. The zero-order valence-corrected chi connectivity index (χ0v) is 16.2. The van der Waals surface area contributed by atoms with Crippen LogP contribution in [0.4, 0.5) is 0 Å². The molecule has 0 atom stereocenters. The van der Waals surface area contributed by atoms with Crippen molar-refractivity contribution in [1.82, 2.24) is 24.1 Å². The SMILES string of the molecule is CCCc1cc(C(=O)N2CCc3cc(C(=O)N(C)C)n(C)c3C2)n(C)n1. The van der Waals surface area contributed by atoms with Gasteiger partial charge in [-0.05, 0) is 30.5 Å². The third-order valence-corrected chi connectivity index (χ3v) is 5.01. The molecule has 7 nitrogen and oxygen atoms in total. The number of rotatable bonds is 4. The summed E-state index contributed by atoms with van der Waals surface area (Å²) in [7, 11) is 7.21. The van der Waals surface area contributed by atoms with Crippen LogP contribution in [0.25, 0.3) is 0 Å². The molecule has 3 heterocycles. The van der Waals surface area contributed by atoms with E-state index in [9.17, 15) is 9.59 Å². The standard InChI is InChI=1S/C19H27N5O2/c1-6-7-14-11-16(23(5)20-14)19(26)24-9-8-13-10-15(18(25)21(2)3)22(4)17(13)12-24/h10-11H,6-9,12H2,1-5H3. The van der Waals surface area contributed by atoms with Crippen LogP contribution in [0.1, 0.15) is 51.3 Å². The van der Waals surface area contributed by atoms with Crippen LogP contribution in [0.2, 0.25) is 0 Å². The Balaban J connectivity index is 1.84. The van der Waals surface area contributed by atoms with Crippen LogP contribution >= 0.6 is 0 Å². The summed E-state index contributed by atoms with van der Waals surface area (Å²) in [4.78, 5) is 28.8. The van der Waals surface area contributed by atoms with E-state index in [4.69, 9.17) is 0 Å². The van der Waals surface area contributed by atoms with Crippen molar-refractivity contribution in [3.63, 3.8) is 0 Å². The summed E-state index contributed by atoms with van der Waals surface area (Å²) in [5, 5.41) is 4.44. The van der Waals surface area contributed by atoms with E-state index in [2.05, 4.69) is 12.0 Å². The molecule has 0 saturated heterocycles. The molecule has 2 amide bonds. The van der Waals surface area contributed by atoms with Gasteiger partial charge in [0.25, 0.3) is 11.8 Å². The number of carbonyl (C=O) groups excluding carboxylic acids is 2. The fourth-order valence-corrected chi connectivity index (χ4v) is 3.52. The quantitative estimate of drug-likeness (QED) is 0.835. The van der Waals surface area contributed by atoms with Crippen molar-refractivity contribution in [2.75, 3.05) is 20.6 Å². The Bertz CT molecular complexity index is 846. The molecule has 3 rings (SSSR count). The van der Waals surface area contributed by atoms with Gasteiger partial charge in [0.1, 0.15) is 11.4 Å². The van der Waals surface area contributed by atoms with Crippen molar-refractivity contribution < 1.29 is 9.59 Å². The van der Waals surface area contributed by atoms with Gasteiger partial charge in [0.15, 0.2) is 0 Å². The summed E-state index contributed by atoms with van der Waals surface area (Å²) in [6.07, 6.45) is 2.64. The minimum atomic E-state index is -0.0179. The third-order valence-electron chi connectivity index (χ3n) is 5.01. The summed E-state index contributed by atoms with van der Waals surface area (Å²) in [5.74, 6) is -0.0229. The lowest BCUT2D eigenvalue weighted by molar-refractivity contribution is 0.0719. The molecular weight excluding hydrogens is 330 g/mol. The Morgan fingerprint density at radius 2 is 1.92 bits per heavy atom. The Morgan fingerprint density at radius 3 is 2.58 bits per heavy atom. The molecular formula is C19H27N5O2. The van der Waals surface area contributed by atoms with Gasteiger partial charge < -0.3 is 14.4 Å². The molecule has 0 radical (unpaired) electrons. The number of amides is 2. The molecule has 0 aromatic carbocycles. The number of hydrogen-bond acceptors (Lipinski definition) is 3. The van der Waals surface area contributed by atoms with Gasteiger partial charge >= 0.3 is 0 Å². The Kier molecular flexibility index (Phi) is 4.89. The first-order valence-corrected chi connectivity index (χ1v) is 9.04. The summed E-state index contributed by atoms with van der Waals surface area (Å²) in [6, 6.07) is 3.86. The van der Waals surface area contributed by atoms with Crippen molar-refractivity contribution >= 4 is 11.8 Å². The summed E-state index contributed by atoms with van der Waals surface area (Å²) < 4.78 is 3.59. The average molecular weight is 357 g/mol. The Morgan fingerprint density at radius 1 is 1.19 bits per heavy atom. The Labute approximate surface area is 154 Å². The van der Waals surface area contributed by atoms with Crippen LogP contribution in [0.15, 0.2) is 12.1 Å². The predicted molar refractivity (Wildman–Crippen MR) is 99.1 cm³/mol. The van der Waals surface area contributed by atoms with E-state index in [1.54, 1.807) is 23.7 Å². The van der Waals surface area contributed by atoms with Crippen LogP contribution in [-0.4, -0.2) is 56.6 Å². The highest BCUT2D eigenvalue weighted by Crippen LogP contribution is 2.24. The van der Waals surface area contributed by atoms with Crippen LogP contribution in [-0.2, 0) is 33.5 Å². The van der Waals surface area contributed by atoms with Crippen LogP contribution in [0.3, 0.4) is 0 Å². The zero-order valence-electron chi connectivity index (χ0n) is 16.2. The smallest absolute Gasteiger partial charge is 0.272 e. The Hall–Kier alpha value is -2.57. The lowest BCUT2D eigenvalue weighted by Gasteiger charge is -2.28.